The zero-order valence-corrected chi connectivity index (χ0v) is 11.1. The summed E-state index contributed by atoms with van der Waals surface area (Å²) in [6.45, 7) is 4.68. The average molecular weight is 259 g/mol. The topological polar surface area (TPSA) is 0 Å². The number of hydrogen-bond acceptors (Lipinski definition) is 0. The van der Waals surface area contributed by atoms with E-state index in [9.17, 15) is 0 Å². The maximum absolute atomic E-state index is 3.49. The lowest BCUT2D eigenvalue weighted by Crippen LogP contribution is -2.19. The van der Waals surface area contributed by atoms with Crippen molar-refractivity contribution >= 4 is 15.9 Å². The Balaban J connectivity index is 2.53. The van der Waals surface area contributed by atoms with Gasteiger partial charge >= 0.3 is 0 Å². The molecule has 82 valence electrons. The fraction of sp³-hybridized carbons (Fsp3) is 0.846. The molecular formula is C13H23Br. The van der Waals surface area contributed by atoms with Crippen molar-refractivity contribution in [2.24, 2.45) is 11.8 Å². The molecule has 1 aliphatic carbocycles. The number of halogens is 1. The van der Waals surface area contributed by atoms with Gasteiger partial charge in [-0.25, -0.2) is 0 Å². The molecule has 1 aliphatic rings. The molecule has 0 N–H and O–H groups in total. The minimum absolute atomic E-state index is 0.896. The van der Waals surface area contributed by atoms with E-state index in [2.05, 4.69) is 35.9 Å². The van der Waals surface area contributed by atoms with Crippen LogP contribution in [-0.2, 0) is 0 Å². The second-order valence-electron chi connectivity index (χ2n) is 4.49. The van der Waals surface area contributed by atoms with Gasteiger partial charge in [-0.05, 0) is 38.0 Å². The van der Waals surface area contributed by atoms with Crippen LogP contribution in [0.3, 0.4) is 0 Å². The van der Waals surface area contributed by atoms with Gasteiger partial charge < -0.3 is 0 Å². The highest BCUT2D eigenvalue weighted by Crippen LogP contribution is 2.36. The van der Waals surface area contributed by atoms with Crippen LogP contribution in [0.1, 0.15) is 52.4 Å². The summed E-state index contributed by atoms with van der Waals surface area (Å²) < 4.78 is 0. The van der Waals surface area contributed by atoms with E-state index in [1.807, 2.05) is 0 Å². The molecule has 0 saturated heterocycles. The zero-order chi connectivity index (χ0) is 10.4. The fourth-order valence-electron chi connectivity index (χ4n) is 2.73. The van der Waals surface area contributed by atoms with Crippen LogP contribution in [0.5, 0.6) is 0 Å². The molecule has 0 bridgehead atoms. The molecule has 1 fully saturated rings. The molecule has 1 heteroatoms. The van der Waals surface area contributed by atoms with Crippen molar-refractivity contribution < 1.29 is 0 Å². The Morgan fingerprint density at radius 3 is 2.71 bits per heavy atom. The summed E-state index contributed by atoms with van der Waals surface area (Å²) in [4.78, 5) is 0. The molecule has 14 heavy (non-hydrogen) atoms. The van der Waals surface area contributed by atoms with Gasteiger partial charge in [0.05, 0.1) is 0 Å². The van der Waals surface area contributed by atoms with Gasteiger partial charge in [-0.15, -0.1) is 0 Å². The second-order valence-corrected chi connectivity index (χ2v) is 5.28. The van der Waals surface area contributed by atoms with Crippen LogP contribution in [0.15, 0.2) is 11.6 Å². The predicted molar refractivity (Wildman–Crippen MR) is 67.9 cm³/mol. The van der Waals surface area contributed by atoms with E-state index in [1.54, 1.807) is 5.57 Å². The summed E-state index contributed by atoms with van der Waals surface area (Å²) in [7, 11) is 0. The highest BCUT2D eigenvalue weighted by atomic mass is 79.9. The number of hydrogen-bond donors (Lipinski definition) is 0. The van der Waals surface area contributed by atoms with Crippen molar-refractivity contribution in [3.63, 3.8) is 0 Å². The van der Waals surface area contributed by atoms with E-state index in [-0.39, 0.29) is 0 Å². The molecule has 0 heterocycles. The standard InChI is InChI=1S/C13H23Br/c1-3-12-8-4-5-9-13(12)11(2)7-6-10-14/h7,12-13H,3-6,8-10H2,1-2H3. The van der Waals surface area contributed by atoms with Crippen molar-refractivity contribution in [2.45, 2.75) is 52.4 Å². The predicted octanol–water partition coefficient (Wildman–Crippen LogP) is 4.93. The minimum atomic E-state index is 0.896. The van der Waals surface area contributed by atoms with Gasteiger partial charge in [-0.3, -0.25) is 0 Å². The fourth-order valence-corrected chi connectivity index (χ4v) is 2.96. The van der Waals surface area contributed by atoms with E-state index < -0.39 is 0 Å². The Hall–Kier alpha value is 0.220. The normalized spacial score (nSPS) is 29.2. The van der Waals surface area contributed by atoms with E-state index >= 15 is 0 Å². The molecule has 0 spiro atoms. The largest absolute Gasteiger partial charge is 0.0925 e. The third-order valence-corrected chi connectivity index (χ3v) is 4.05. The van der Waals surface area contributed by atoms with Crippen LogP contribution in [-0.4, -0.2) is 5.33 Å². The van der Waals surface area contributed by atoms with Crippen molar-refractivity contribution in [3.8, 4) is 0 Å². The molecule has 2 unspecified atom stereocenters. The highest BCUT2D eigenvalue weighted by molar-refractivity contribution is 9.09. The van der Waals surface area contributed by atoms with Crippen molar-refractivity contribution in [2.75, 3.05) is 5.33 Å². The van der Waals surface area contributed by atoms with Gasteiger partial charge in [0, 0.05) is 5.33 Å². The minimum Gasteiger partial charge on any atom is -0.0925 e. The molecule has 1 rings (SSSR count). The number of alkyl halides is 1. The quantitative estimate of drug-likeness (QED) is 0.496. The summed E-state index contributed by atoms with van der Waals surface area (Å²) in [5, 5.41) is 1.11. The Morgan fingerprint density at radius 2 is 2.07 bits per heavy atom. The van der Waals surface area contributed by atoms with E-state index in [0.29, 0.717) is 0 Å². The Bertz CT molecular complexity index is 184. The second kappa shape index (κ2) is 6.66. The molecule has 0 aromatic carbocycles. The summed E-state index contributed by atoms with van der Waals surface area (Å²) in [5.41, 5.74) is 1.65. The number of allylic oxidation sites excluding steroid dienone is 2. The first kappa shape index (κ1) is 12.3. The molecule has 0 nitrogen and oxygen atoms in total. The van der Waals surface area contributed by atoms with Crippen LogP contribution in [0.4, 0.5) is 0 Å². The summed E-state index contributed by atoms with van der Waals surface area (Å²) in [5.74, 6) is 1.86. The van der Waals surface area contributed by atoms with Crippen LogP contribution in [0.2, 0.25) is 0 Å². The molecule has 0 aliphatic heterocycles. The SMILES string of the molecule is CCC1CCCCC1C(C)=CCCBr. The summed E-state index contributed by atoms with van der Waals surface area (Å²) in [6, 6.07) is 0. The molecule has 0 aromatic heterocycles. The molecule has 0 radical (unpaired) electrons. The smallest absolute Gasteiger partial charge is 0.00660 e. The van der Waals surface area contributed by atoms with Crippen LogP contribution in [0.25, 0.3) is 0 Å². The van der Waals surface area contributed by atoms with Crippen LogP contribution in [0, 0.1) is 11.8 Å². The molecule has 0 amide bonds. The van der Waals surface area contributed by atoms with Gasteiger partial charge in [0.15, 0.2) is 0 Å². The van der Waals surface area contributed by atoms with Crippen molar-refractivity contribution in [3.05, 3.63) is 11.6 Å². The molecule has 1 saturated carbocycles. The van der Waals surface area contributed by atoms with Crippen LogP contribution < -0.4 is 0 Å². The summed E-state index contributed by atoms with van der Waals surface area (Å²) in [6.07, 6.45) is 10.8. The van der Waals surface area contributed by atoms with E-state index in [1.165, 1.54) is 38.5 Å². The Kier molecular flexibility index (Phi) is 5.84. The molecular weight excluding hydrogens is 236 g/mol. The molecule has 0 aromatic rings. The maximum atomic E-state index is 3.49. The lowest BCUT2D eigenvalue weighted by Gasteiger charge is -2.31. The van der Waals surface area contributed by atoms with Crippen molar-refractivity contribution in [1.29, 1.82) is 0 Å². The lowest BCUT2D eigenvalue weighted by molar-refractivity contribution is 0.264. The average Bonchev–Trinajstić information content (AvgIpc) is 2.25. The monoisotopic (exact) mass is 258 g/mol. The highest BCUT2D eigenvalue weighted by Gasteiger charge is 2.24. The van der Waals surface area contributed by atoms with Gasteiger partial charge in [-0.2, -0.15) is 0 Å². The van der Waals surface area contributed by atoms with Gasteiger partial charge in [0.25, 0.3) is 0 Å². The molecule has 2 atom stereocenters. The number of rotatable bonds is 4. The van der Waals surface area contributed by atoms with E-state index in [0.717, 1.165) is 17.2 Å². The summed E-state index contributed by atoms with van der Waals surface area (Å²) >= 11 is 3.49. The first-order valence-corrected chi connectivity index (χ1v) is 7.14. The van der Waals surface area contributed by atoms with Crippen LogP contribution >= 0.6 is 15.9 Å². The van der Waals surface area contributed by atoms with Gasteiger partial charge in [-0.1, -0.05) is 53.8 Å². The Morgan fingerprint density at radius 1 is 1.36 bits per heavy atom. The van der Waals surface area contributed by atoms with E-state index in [4.69, 9.17) is 0 Å². The third-order valence-electron chi connectivity index (χ3n) is 3.59. The first-order chi connectivity index (χ1) is 6.79. The zero-order valence-electron chi connectivity index (χ0n) is 9.56. The van der Waals surface area contributed by atoms with Gasteiger partial charge in [0.1, 0.15) is 0 Å². The Labute approximate surface area is 97.3 Å². The first-order valence-electron chi connectivity index (χ1n) is 6.02. The van der Waals surface area contributed by atoms with Gasteiger partial charge in [0.2, 0.25) is 0 Å². The lowest BCUT2D eigenvalue weighted by atomic mass is 9.74. The van der Waals surface area contributed by atoms with Crippen molar-refractivity contribution in [1.82, 2.24) is 0 Å². The third kappa shape index (κ3) is 3.42. The maximum Gasteiger partial charge on any atom is 0.00660 e.